The molecule has 1 heterocycles. The van der Waals surface area contributed by atoms with Gasteiger partial charge in [0.25, 0.3) is 0 Å². The first-order chi connectivity index (χ1) is 11.0. The Morgan fingerprint density at radius 1 is 1.00 bits per heavy atom. The zero-order valence-electron chi connectivity index (χ0n) is 14.4. The molecule has 0 amide bonds. The van der Waals surface area contributed by atoms with Crippen molar-refractivity contribution in [2.24, 2.45) is 23.2 Å². The van der Waals surface area contributed by atoms with E-state index in [1.54, 1.807) is 0 Å². The Hall–Kier alpha value is -1.18. The van der Waals surface area contributed by atoms with E-state index in [0.29, 0.717) is 11.2 Å². The fourth-order valence-electron chi connectivity index (χ4n) is 6.53. The van der Waals surface area contributed by atoms with Gasteiger partial charge in [-0.2, -0.15) is 0 Å². The Morgan fingerprint density at radius 3 is 2.22 bits per heavy atom. The minimum Gasteiger partial charge on any atom is -0.294 e. The minimum absolute atomic E-state index is 0.211. The average Bonchev–Trinajstić information content (AvgIpc) is 2.50. The lowest BCUT2D eigenvalue weighted by Gasteiger charge is -2.56. The predicted molar refractivity (Wildman–Crippen MR) is 90.5 cm³/mol. The molecule has 6 rings (SSSR count). The quantitative estimate of drug-likeness (QED) is 0.752. The van der Waals surface area contributed by atoms with Crippen LogP contribution in [0.3, 0.4) is 0 Å². The van der Waals surface area contributed by atoms with E-state index in [9.17, 15) is 4.79 Å². The van der Waals surface area contributed by atoms with Crippen molar-refractivity contribution in [3.63, 3.8) is 0 Å². The van der Waals surface area contributed by atoms with Crippen LogP contribution in [0.1, 0.15) is 80.5 Å². The normalized spacial score (nSPS) is 40.3. The van der Waals surface area contributed by atoms with Crippen LogP contribution in [0.4, 0.5) is 0 Å². The van der Waals surface area contributed by atoms with Crippen molar-refractivity contribution >= 4 is 5.78 Å². The van der Waals surface area contributed by atoms with Gasteiger partial charge < -0.3 is 0 Å². The Morgan fingerprint density at radius 2 is 1.61 bits per heavy atom. The molecule has 0 unspecified atom stereocenters. The molecule has 2 heteroatoms. The second kappa shape index (κ2) is 4.46. The molecule has 4 fully saturated rings. The van der Waals surface area contributed by atoms with Crippen LogP contribution in [0.2, 0.25) is 0 Å². The molecule has 5 aliphatic carbocycles. The SMILES string of the molecule is CC1(C)CCc2nc(C34CC5CC(CC(C5)C3)C4)ccc2C1=O. The lowest BCUT2D eigenvalue weighted by Crippen LogP contribution is -2.49. The van der Waals surface area contributed by atoms with Crippen molar-refractivity contribution in [1.82, 2.24) is 4.98 Å². The second-order valence-corrected chi connectivity index (χ2v) is 9.60. The molecule has 4 saturated carbocycles. The smallest absolute Gasteiger partial charge is 0.170 e. The summed E-state index contributed by atoms with van der Waals surface area (Å²) in [7, 11) is 0. The molecule has 4 bridgehead atoms. The van der Waals surface area contributed by atoms with Crippen LogP contribution in [-0.2, 0) is 11.8 Å². The number of carbonyl (C=O) groups excluding carboxylic acids is 1. The second-order valence-electron chi connectivity index (χ2n) is 9.60. The summed E-state index contributed by atoms with van der Waals surface area (Å²) in [5.74, 6) is 3.13. The Bertz CT molecular complexity index is 652. The summed E-state index contributed by atoms with van der Waals surface area (Å²) in [6.07, 6.45) is 10.4. The van der Waals surface area contributed by atoms with Gasteiger partial charge >= 0.3 is 0 Å². The number of aryl methyl sites for hydroxylation is 1. The number of hydrogen-bond donors (Lipinski definition) is 0. The van der Waals surface area contributed by atoms with Gasteiger partial charge in [-0.15, -0.1) is 0 Å². The van der Waals surface area contributed by atoms with Crippen LogP contribution < -0.4 is 0 Å². The van der Waals surface area contributed by atoms with Gasteiger partial charge in [0.1, 0.15) is 0 Å². The van der Waals surface area contributed by atoms with Gasteiger partial charge in [-0.05, 0) is 81.3 Å². The molecule has 0 aliphatic heterocycles. The van der Waals surface area contributed by atoms with E-state index in [-0.39, 0.29) is 5.41 Å². The van der Waals surface area contributed by atoms with Crippen LogP contribution in [0.15, 0.2) is 12.1 Å². The highest BCUT2D eigenvalue weighted by molar-refractivity contribution is 6.01. The van der Waals surface area contributed by atoms with Crippen molar-refractivity contribution in [3.05, 3.63) is 29.1 Å². The van der Waals surface area contributed by atoms with Gasteiger partial charge in [-0.3, -0.25) is 9.78 Å². The molecule has 0 radical (unpaired) electrons. The molecule has 23 heavy (non-hydrogen) atoms. The van der Waals surface area contributed by atoms with Gasteiger partial charge in [0.15, 0.2) is 5.78 Å². The van der Waals surface area contributed by atoms with Crippen LogP contribution in [0.25, 0.3) is 0 Å². The maximum absolute atomic E-state index is 12.7. The van der Waals surface area contributed by atoms with Gasteiger partial charge in [0.05, 0.1) is 5.69 Å². The molecule has 5 aliphatic rings. The number of ketones is 1. The van der Waals surface area contributed by atoms with E-state index < -0.39 is 0 Å². The molecule has 0 atom stereocenters. The third kappa shape index (κ3) is 1.99. The third-order valence-corrected chi connectivity index (χ3v) is 7.40. The highest BCUT2D eigenvalue weighted by Crippen LogP contribution is 2.60. The first kappa shape index (κ1) is 14.2. The van der Waals surface area contributed by atoms with Crippen molar-refractivity contribution in [1.29, 1.82) is 0 Å². The van der Waals surface area contributed by atoms with Gasteiger partial charge in [0, 0.05) is 22.1 Å². The van der Waals surface area contributed by atoms with E-state index in [1.165, 1.54) is 44.2 Å². The number of rotatable bonds is 1. The van der Waals surface area contributed by atoms with Crippen molar-refractivity contribution in [2.75, 3.05) is 0 Å². The molecule has 0 N–H and O–H groups in total. The molecule has 0 saturated heterocycles. The first-order valence-corrected chi connectivity index (χ1v) is 9.50. The lowest BCUT2D eigenvalue weighted by atomic mass is 9.48. The molecule has 122 valence electrons. The van der Waals surface area contributed by atoms with Gasteiger partial charge in [0.2, 0.25) is 0 Å². The summed E-state index contributed by atoms with van der Waals surface area (Å²) in [6, 6.07) is 4.32. The summed E-state index contributed by atoms with van der Waals surface area (Å²) in [6.45, 7) is 4.15. The number of pyridine rings is 1. The highest BCUT2D eigenvalue weighted by atomic mass is 16.1. The van der Waals surface area contributed by atoms with Gasteiger partial charge in [-0.25, -0.2) is 0 Å². The molecule has 0 aromatic carbocycles. The maximum Gasteiger partial charge on any atom is 0.170 e. The van der Waals surface area contributed by atoms with E-state index >= 15 is 0 Å². The van der Waals surface area contributed by atoms with E-state index in [0.717, 1.165) is 41.9 Å². The van der Waals surface area contributed by atoms with Crippen molar-refractivity contribution < 1.29 is 4.79 Å². The lowest BCUT2D eigenvalue weighted by molar-refractivity contribution is -0.00733. The topological polar surface area (TPSA) is 30.0 Å². The fourth-order valence-corrected chi connectivity index (χ4v) is 6.53. The number of nitrogens with zero attached hydrogens (tertiary/aromatic N) is 1. The monoisotopic (exact) mass is 309 g/mol. The van der Waals surface area contributed by atoms with Crippen LogP contribution in [0, 0.1) is 23.2 Å². The third-order valence-electron chi connectivity index (χ3n) is 7.40. The van der Waals surface area contributed by atoms with E-state index in [4.69, 9.17) is 4.98 Å². The van der Waals surface area contributed by atoms with Crippen molar-refractivity contribution in [2.45, 2.75) is 70.6 Å². The van der Waals surface area contributed by atoms with Gasteiger partial charge in [-0.1, -0.05) is 13.8 Å². The first-order valence-electron chi connectivity index (χ1n) is 9.50. The number of Topliss-reactive ketones (excluding diaryl/α,β-unsaturated/α-hetero) is 1. The average molecular weight is 309 g/mol. The fraction of sp³-hybridized carbons (Fsp3) is 0.714. The Labute approximate surface area is 139 Å². The molecule has 0 spiro atoms. The van der Waals surface area contributed by atoms with E-state index in [1.807, 2.05) is 0 Å². The standard InChI is InChI=1S/C21H27NO/c1-20(2)6-5-17-16(19(20)23)3-4-18(22-17)21-10-13-7-14(11-21)9-15(8-13)12-21/h3-4,13-15H,5-12H2,1-2H3. The largest absolute Gasteiger partial charge is 0.294 e. The zero-order valence-corrected chi connectivity index (χ0v) is 14.4. The molecular weight excluding hydrogens is 282 g/mol. The molecule has 1 aromatic heterocycles. The van der Waals surface area contributed by atoms with Crippen LogP contribution >= 0.6 is 0 Å². The minimum atomic E-state index is -0.211. The number of aromatic nitrogens is 1. The summed E-state index contributed by atoms with van der Waals surface area (Å²) < 4.78 is 0. The number of fused-ring (bicyclic) bond motifs is 1. The number of carbonyl (C=O) groups is 1. The zero-order chi connectivity index (χ0) is 15.8. The Balaban J connectivity index is 1.54. The molecule has 2 nitrogen and oxygen atoms in total. The highest BCUT2D eigenvalue weighted by Gasteiger charge is 2.52. The summed E-state index contributed by atoms with van der Waals surface area (Å²) in [4.78, 5) is 17.8. The summed E-state index contributed by atoms with van der Waals surface area (Å²) in [5, 5.41) is 0. The number of hydrogen-bond acceptors (Lipinski definition) is 2. The van der Waals surface area contributed by atoms with E-state index in [2.05, 4.69) is 26.0 Å². The molecular formula is C21H27NO. The van der Waals surface area contributed by atoms with Crippen molar-refractivity contribution in [3.8, 4) is 0 Å². The van der Waals surface area contributed by atoms with Crippen LogP contribution in [-0.4, -0.2) is 10.8 Å². The maximum atomic E-state index is 12.7. The Kier molecular flexibility index (Phi) is 2.75. The summed E-state index contributed by atoms with van der Waals surface area (Å²) >= 11 is 0. The predicted octanol–water partition coefficient (Wildman–Crippen LogP) is 4.70. The molecule has 1 aromatic rings. The van der Waals surface area contributed by atoms with Crippen LogP contribution in [0.5, 0.6) is 0 Å². The summed E-state index contributed by atoms with van der Waals surface area (Å²) in [5.41, 5.74) is 3.44.